The van der Waals surface area contributed by atoms with Gasteiger partial charge in [-0.2, -0.15) is 0 Å². The molecular weight excluding hydrogens is 378 g/mol. The highest BCUT2D eigenvalue weighted by Crippen LogP contribution is 2.40. The molecule has 5 nitrogen and oxygen atoms in total. The Morgan fingerprint density at radius 1 is 0.967 bits per heavy atom. The van der Waals surface area contributed by atoms with Gasteiger partial charge in [0, 0.05) is 5.56 Å². The average Bonchev–Trinajstić information content (AvgIpc) is 2.98. The van der Waals surface area contributed by atoms with Crippen LogP contribution in [0.1, 0.15) is 42.6 Å². The molecule has 0 spiro atoms. The highest BCUT2D eigenvalue weighted by molar-refractivity contribution is 6.22. The molecule has 1 aliphatic heterocycles. The number of imide groups is 1. The lowest BCUT2D eigenvalue weighted by molar-refractivity contribution is -0.122. The third-order valence-corrected chi connectivity index (χ3v) is 5.94. The van der Waals surface area contributed by atoms with Gasteiger partial charge in [0.2, 0.25) is 17.6 Å². The Bertz CT molecular complexity index is 1020. The maximum Gasteiger partial charge on any atom is 0.238 e. The molecule has 2 amide bonds. The first-order chi connectivity index (χ1) is 14.3. The van der Waals surface area contributed by atoms with Crippen LogP contribution in [0, 0.1) is 18.8 Å². The van der Waals surface area contributed by atoms with E-state index < -0.39 is 6.10 Å². The van der Waals surface area contributed by atoms with E-state index in [4.69, 9.17) is 4.74 Å². The summed E-state index contributed by atoms with van der Waals surface area (Å²) in [6.45, 7) is 5.68. The number of carbonyl (C=O) groups excluding carboxylic acids is 3. The van der Waals surface area contributed by atoms with Crippen LogP contribution in [0.4, 0.5) is 5.69 Å². The number of allylic oxidation sites excluding steroid dienone is 2. The number of benzene rings is 2. The van der Waals surface area contributed by atoms with E-state index in [9.17, 15) is 14.4 Å². The van der Waals surface area contributed by atoms with Gasteiger partial charge in [0.1, 0.15) is 5.75 Å². The molecule has 1 heterocycles. The average molecular weight is 403 g/mol. The van der Waals surface area contributed by atoms with E-state index in [-0.39, 0.29) is 29.4 Å². The zero-order valence-electron chi connectivity index (χ0n) is 17.4. The van der Waals surface area contributed by atoms with Gasteiger partial charge >= 0.3 is 0 Å². The molecule has 5 heteroatoms. The van der Waals surface area contributed by atoms with Gasteiger partial charge in [-0.1, -0.05) is 41.5 Å². The van der Waals surface area contributed by atoms with Gasteiger partial charge in [0.05, 0.1) is 17.5 Å². The molecule has 2 aliphatic rings. The Kier molecular flexibility index (Phi) is 5.29. The van der Waals surface area contributed by atoms with Crippen molar-refractivity contribution in [1.29, 1.82) is 0 Å². The van der Waals surface area contributed by atoms with Crippen molar-refractivity contribution >= 4 is 23.3 Å². The van der Waals surface area contributed by atoms with E-state index in [1.807, 2.05) is 26.0 Å². The van der Waals surface area contributed by atoms with Crippen LogP contribution >= 0.6 is 0 Å². The van der Waals surface area contributed by atoms with E-state index in [2.05, 4.69) is 6.08 Å². The number of anilines is 1. The molecule has 30 heavy (non-hydrogen) atoms. The summed E-state index contributed by atoms with van der Waals surface area (Å²) in [5.74, 6) is -0.370. The zero-order valence-corrected chi connectivity index (χ0v) is 17.4. The third kappa shape index (κ3) is 3.67. The van der Waals surface area contributed by atoms with Gasteiger partial charge < -0.3 is 4.74 Å². The number of hydrogen-bond acceptors (Lipinski definition) is 4. The second-order valence-corrected chi connectivity index (χ2v) is 8.20. The van der Waals surface area contributed by atoms with Crippen LogP contribution in [0.15, 0.2) is 60.2 Å². The molecule has 0 aromatic heterocycles. The molecule has 0 N–H and O–H groups in total. The van der Waals surface area contributed by atoms with Crippen LogP contribution < -0.4 is 9.64 Å². The summed E-state index contributed by atoms with van der Waals surface area (Å²) >= 11 is 0. The number of Topliss-reactive ketones (excluding diaryl/α,β-unsaturated/α-hetero) is 1. The van der Waals surface area contributed by atoms with Gasteiger partial charge in [-0.25, -0.2) is 0 Å². The van der Waals surface area contributed by atoms with Crippen LogP contribution in [-0.4, -0.2) is 23.7 Å². The minimum Gasteiger partial charge on any atom is -0.483 e. The Morgan fingerprint density at radius 2 is 1.60 bits per heavy atom. The monoisotopic (exact) mass is 403 g/mol. The minimum absolute atomic E-state index is 0.101. The standard InChI is InChI=1S/C25H25NO4/c1-15-4-7-18(8-5-15)23(27)17(3)30-20-11-9-19(10-12-20)26-24(28)21-13-6-16(2)14-22(21)25(26)29/h4-12,17,21-22H,13-14H2,1-3H3/t17-,21-,22+/m0/s1. The Balaban J connectivity index is 1.45. The van der Waals surface area contributed by atoms with Crippen molar-refractivity contribution < 1.29 is 19.1 Å². The van der Waals surface area contributed by atoms with Crippen LogP contribution in [0.3, 0.4) is 0 Å². The number of hydrogen-bond donors (Lipinski definition) is 0. The smallest absolute Gasteiger partial charge is 0.238 e. The summed E-state index contributed by atoms with van der Waals surface area (Å²) < 4.78 is 5.79. The molecule has 2 aromatic rings. The first-order valence-electron chi connectivity index (χ1n) is 10.3. The van der Waals surface area contributed by atoms with Crippen LogP contribution in [0.5, 0.6) is 5.75 Å². The number of carbonyl (C=O) groups is 3. The molecule has 0 radical (unpaired) electrons. The molecule has 3 atom stereocenters. The number of aryl methyl sites for hydroxylation is 1. The highest BCUT2D eigenvalue weighted by atomic mass is 16.5. The molecule has 0 bridgehead atoms. The maximum absolute atomic E-state index is 12.8. The summed E-state index contributed by atoms with van der Waals surface area (Å²) in [7, 11) is 0. The minimum atomic E-state index is -0.648. The summed E-state index contributed by atoms with van der Waals surface area (Å²) in [4.78, 5) is 39.5. The molecule has 0 unspecified atom stereocenters. The van der Waals surface area contributed by atoms with Crippen molar-refractivity contribution in [2.75, 3.05) is 4.90 Å². The van der Waals surface area contributed by atoms with Crippen molar-refractivity contribution in [1.82, 2.24) is 0 Å². The van der Waals surface area contributed by atoms with Crippen LogP contribution in [-0.2, 0) is 9.59 Å². The van der Waals surface area contributed by atoms with E-state index in [1.165, 1.54) is 4.90 Å². The second-order valence-electron chi connectivity index (χ2n) is 8.20. The Morgan fingerprint density at radius 3 is 2.27 bits per heavy atom. The molecule has 1 fully saturated rings. The van der Waals surface area contributed by atoms with Crippen molar-refractivity contribution in [3.8, 4) is 5.75 Å². The fourth-order valence-corrected chi connectivity index (χ4v) is 4.18. The summed E-state index contributed by atoms with van der Waals surface area (Å²) in [5.41, 5.74) is 3.40. The zero-order chi connectivity index (χ0) is 21.4. The molecule has 154 valence electrons. The normalized spacial score (nSPS) is 21.8. The molecule has 0 saturated carbocycles. The number of rotatable bonds is 5. The molecule has 2 aromatic carbocycles. The lowest BCUT2D eigenvalue weighted by atomic mass is 9.82. The quantitative estimate of drug-likeness (QED) is 0.419. The van der Waals surface area contributed by atoms with Gasteiger partial charge in [-0.15, -0.1) is 0 Å². The summed E-state index contributed by atoms with van der Waals surface area (Å²) in [6.07, 6.45) is 2.67. The van der Waals surface area contributed by atoms with E-state index in [0.717, 1.165) is 11.1 Å². The molecule has 1 aliphatic carbocycles. The first kappa shape index (κ1) is 20.1. The maximum atomic E-state index is 12.8. The number of ketones is 1. The van der Waals surface area contributed by atoms with Crippen LogP contribution in [0.25, 0.3) is 0 Å². The Hall–Kier alpha value is -3.21. The second kappa shape index (κ2) is 7.90. The Labute approximate surface area is 176 Å². The van der Waals surface area contributed by atoms with E-state index in [1.54, 1.807) is 43.3 Å². The van der Waals surface area contributed by atoms with Crippen molar-refractivity contribution in [2.45, 2.75) is 39.7 Å². The number of amides is 2. The highest BCUT2D eigenvalue weighted by Gasteiger charge is 2.48. The van der Waals surface area contributed by atoms with E-state index in [0.29, 0.717) is 29.8 Å². The van der Waals surface area contributed by atoms with Gasteiger partial charge in [0.25, 0.3) is 0 Å². The predicted molar refractivity (Wildman–Crippen MR) is 115 cm³/mol. The van der Waals surface area contributed by atoms with Gasteiger partial charge in [0.15, 0.2) is 6.10 Å². The van der Waals surface area contributed by atoms with E-state index >= 15 is 0 Å². The third-order valence-electron chi connectivity index (χ3n) is 5.94. The number of ether oxygens (including phenoxy) is 1. The van der Waals surface area contributed by atoms with Crippen molar-refractivity contribution in [2.24, 2.45) is 11.8 Å². The molecule has 4 rings (SSSR count). The van der Waals surface area contributed by atoms with Gasteiger partial charge in [-0.3, -0.25) is 19.3 Å². The SMILES string of the molecule is CC1=CC[C@@H]2C(=O)N(c3ccc(O[C@@H](C)C(=O)c4ccc(C)cc4)cc3)C(=O)[C@@H]2C1. The lowest BCUT2D eigenvalue weighted by Gasteiger charge is -2.18. The topological polar surface area (TPSA) is 63.7 Å². The summed E-state index contributed by atoms with van der Waals surface area (Å²) in [5, 5.41) is 0. The largest absolute Gasteiger partial charge is 0.483 e. The number of nitrogens with zero attached hydrogens (tertiary/aromatic N) is 1. The number of fused-ring (bicyclic) bond motifs is 1. The van der Waals surface area contributed by atoms with Crippen molar-refractivity contribution in [3.05, 3.63) is 71.3 Å². The van der Waals surface area contributed by atoms with Crippen molar-refractivity contribution in [3.63, 3.8) is 0 Å². The van der Waals surface area contributed by atoms with Crippen LogP contribution in [0.2, 0.25) is 0 Å². The molecule has 1 saturated heterocycles. The predicted octanol–water partition coefficient (Wildman–Crippen LogP) is 4.49. The fraction of sp³-hybridized carbons (Fsp3) is 0.320. The lowest BCUT2D eigenvalue weighted by Crippen LogP contribution is -2.30. The molecular formula is C25H25NO4. The van der Waals surface area contributed by atoms with Gasteiger partial charge in [-0.05, 0) is 57.9 Å². The first-order valence-corrected chi connectivity index (χ1v) is 10.3. The fourth-order valence-electron chi connectivity index (χ4n) is 4.18. The summed E-state index contributed by atoms with van der Waals surface area (Å²) in [6, 6.07) is 14.2.